The third-order valence-electron chi connectivity index (χ3n) is 5.07. The van der Waals surface area contributed by atoms with Crippen LogP contribution in [0.1, 0.15) is 11.1 Å². The lowest BCUT2D eigenvalue weighted by molar-refractivity contribution is 0.415. The number of methoxy groups -OCH3 is 1. The van der Waals surface area contributed by atoms with Crippen LogP contribution in [0.25, 0.3) is 29.0 Å². The molecule has 10 heteroatoms. The van der Waals surface area contributed by atoms with Crippen molar-refractivity contribution in [1.82, 2.24) is 14.5 Å². The molecule has 4 rings (SSSR count). The van der Waals surface area contributed by atoms with E-state index >= 15 is 0 Å². The van der Waals surface area contributed by atoms with E-state index < -0.39 is 21.3 Å². The molecule has 0 bridgehead atoms. The van der Waals surface area contributed by atoms with Crippen LogP contribution in [-0.2, 0) is 10.0 Å². The molecular weight excluding hydrogens is 468 g/mol. The summed E-state index contributed by atoms with van der Waals surface area (Å²) in [6.07, 6.45) is 9.51. The van der Waals surface area contributed by atoms with Crippen LogP contribution in [0.3, 0.4) is 0 Å². The highest BCUT2D eigenvalue weighted by Crippen LogP contribution is 2.36. The zero-order valence-electron chi connectivity index (χ0n) is 18.9. The van der Waals surface area contributed by atoms with Crippen molar-refractivity contribution in [3.63, 3.8) is 0 Å². The van der Waals surface area contributed by atoms with E-state index in [0.717, 1.165) is 22.9 Å². The third kappa shape index (κ3) is 5.74. The van der Waals surface area contributed by atoms with Crippen molar-refractivity contribution in [1.29, 1.82) is 0 Å². The van der Waals surface area contributed by atoms with E-state index in [2.05, 4.69) is 14.7 Å². The molecule has 0 aliphatic heterocycles. The fourth-order valence-electron chi connectivity index (χ4n) is 3.55. The number of anilines is 1. The average Bonchev–Trinajstić information content (AvgIpc) is 2.82. The normalized spacial score (nSPS) is 11.5. The molecule has 0 saturated heterocycles. The largest absolute Gasteiger partial charge is 0.495 e. The Hall–Kier alpha value is -4.44. The van der Waals surface area contributed by atoms with Crippen molar-refractivity contribution >= 4 is 27.9 Å². The highest BCUT2D eigenvalue weighted by molar-refractivity contribution is 7.92. The number of aromatic nitrogens is 3. The van der Waals surface area contributed by atoms with Crippen molar-refractivity contribution in [2.24, 2.45) is 0 Å². The molecule has 2 aromatic carbocycles. The molecule has 178 valence electrons. The van der Waals surface area contributed by atoms with Gasteiger partial charge in [-0.25, -0.2) is 13.2 Å². The molecule has 2 heterocycles. The maximum atomic E-state index is 12.5. The molecule has 4 aromatic rings. The van der Waals surface area contributed by atoms with Crippen molar-refractivity contribution in [3.05, 3.63) is 105 Å². The standard InChI is InChI=1S/C25H22N4O5S/c1-34-24-19(6-3-17-4-7-20(8-5-17)28-35(2,32)33)15-21(29-14-11-23(30)27-25(29)31)16-22(24)18-9-12-26-13-10-18/h3-16,28H,1-2H3,(H,27,30,31)/b6-3+. The van der Waals surface area contributed by atoms with Crippen molar-refractivity contribution in [2.75, 3.05) is 18.1 Å². The molecule has 2 aromatic heterocycles. The minimum absolute atomic E-state index is 0.460. The van der Waals surface area contributed by atoms with Crippen LogP contribution in [0.15, 0.2) is 82.8 Å². The predicted octanol–water partition coefficient (Wildman–Crippen LogP) is 3.14. The molecule has 0 amide bonds. The van der Waals surface area contributed by atoms with Crippen molar-refractivity contribution in [2.45, 2.75) is 0 Å². The van der Waals surface area contributed by atoms with Crippen molar-refractivity contribution < 1.29 is 13.2 Å². The van der Waals surface area contributed by atoms with E-state index in [-0.39, 0.29) is 0 Å². The molecule has 35 heavy (non-hydrogen) atoms. The number of nitrogens with one attached hydrogen (secondary N) is 2. The second-order valence-corrected chi connectivity index (χ2v) is 9.41. The molecule has 0 spiro atoms. The summed E-state index contributed by atoms with van der Waals surface area (Å²) >= 11 is 0. The van der Waals surface area contributed by atoms with Gasteiger partial charge < -0.3 is 4.74 Å². The Labute approximate surface area is 201 Å². The maximum absolute atomic E-state index is 12.5. The van der Waals surface area contributed by atoms with E-state index in [0.29, 0.717) is 22.7 Å². The summed E-state index contributed by atoms with van der Waals surface area (Å²) in [6.45, 7) is 0. The summed E-state index contributed by atoms with van der Waals surface area (Å²) in [4.78, 5) is 30.3. The fraction of sp³-hybridized carbons (Fsp3) is 0.0800. The first-order valence-corrected chi connectivity index (χ1v) is 12.3. The number of hydrogen-bond donors (Lipinski definition) is 2. The Morgan fingerprint density at radius 3 is 2.34 bits per heavy atom. The van der Waals surface area contributed by atoms with Gasteiger partial charge in [-0.1, -0.05) is 24.3 Å². The van der Waals surface area contributed by atoms with Crippen LogP contribution in [0, 0.1) is 0 Å². The zero-order valence-corrected chi connectivity index (χ0v) is 19.7. The topological polar surface area (TPSA) is 123 Å². The monoisotopic (exact) mass is 490 g/mol. The number of pyridine rings is 1. The van der Waals surface area contributed by atoms with Gasteiger partial charge in [0.25, 0.3) is 5.56 Å². The van der Waals surface area contributed by atoms with Gasteiger partial charge in [-0.2, -0.15) is 0 Å². The molecule has 0 aliphatic carbocycles. The van der Waals surface area contributed by atoms with Gasteiger partial charge in [0.2, 0.25) is 10.0 Å². The summed E-state index contributed by atoms with van der Waals surface area (Å²) < 4.78 is 32.3. The predicted molar refractivity (Wildman–Crippen MR) is 136 cm³/mol. The molecule has 9 nitrogen and oxygen atoms in total. The highest BCUT2D eigenvalue weighted by atomic mass is 32.2. The highest BCUT2D eigenvalue weighted by Gasteiger charge is 2.14. The van der Waals surface area contributed by atoms with Crippen LogP contribution < -0.4 is 20.7 Å². The van der Waals surface area contributed by atoms with Gasteiger partial charge in [0.05, 0.1) is 19.1 Å². The minimum Gasteiger partial charge on any atom is -0.495 e. The third-order valence-corrected chi connectivity index (χ3v) is 5.68. The van der Waals surface area contributed by atoms with Crippen LogP contribution in [0.2, 0.25) is 0 Å². The van der Waals surface area contributed by atoms with Gasteiger partial charge in [-0.3, -0.25) is 24.1 Å². The van der Waals surface area contributed by atoms with E-state index in [1.807, 2.05) is 24.3 Å². The summed E-state index contributed by atoms with van der Waals surface area (Å²) in [7, 11) is -1.80. The van der Waals surface area contributed by atoms with Crippen LogP contribution >= 0.6 is 0 Å². The number of rotatable bonds is 7. The Bertz CT molecular complexity index is 1610. The van der Waals surface area contributed by atoms with Gasteiger partial charge in [-0.15, -0.1) is 0 Å². The van der Waals surface area contributed by atoms with Crippen LogP contribution in [-0.4, -0.2) is 36.3 Å². The second kappa shape index (κ2) is 9.82. The van der Waals surface area contributed by atoms with Gasteiger partial charge in [0, 0.05) is 41.5 Å². The van der Waals surface area contributed by atoms with Gasteiger partial charge in [0.15, 0.2) is 0 Å². The average molecular weight is 491 g/mol. The number of benzene rings is 2. The lowest BCUT2D eigenvalue weighted by Gasteiger charge is -2.15. The molecule has 0 fully saturated rings. The molecular formula is C25H22N4O5S. The Balaban J connectivity index is 1.82. The summed E-state index contributed by atoms with van der Waals surface area (Å²) in [5.74, 6) is 0.587. The Kier molecular flexibility index (Phi) is 6.65. The van der Waals surface area contributed by atoms with Gasteiger partial charge >= 0.3 is 5.69 Å². The molecule has 0 saturated carbocycles. The quantitative estimate of drug-likeness (QED) is 0.384. The number of nitrogens with zero attached hydrogens (tertiary/aromatic N) is 2. The number of aromatic amines is 1. The van der Waals surface area contributed by atoms with E-state index in [4.69, 9.17) is 4.74 Å². The maximum Gasteiger partial charge on any atom is 0.332 e. The second-order valence-electron chi connectivity index (χ2n) is 7.66. The van der Waals surface area contributed by atoms with E-state index in [1.165, 1.54) is 16.8 Å². The van der Waals surface area contributed by atoms with Crippen molar-refractivity contribution in [3.8, 4) is 22.6 Å². The molecule has 0 aliphatic rings. The number of H-pyrrole nitrogens is 1. The number of ether oxygens (including phenoxy) is 1. The SMILES string of the molecule is COc1c(/C=C/c2ccc(NS(C)(=O)=O)cc2)cc(-n2ccc(=O)[nH]c2=O)cc1-c1ccncc1. The van der Waals surface area contributed by atoms with Crippen LogP contribution in [0.4, 0.5) is 5.69 Å². The lowest BCUT2D eigenvalue weighted by atomic mass is 10.00. The number of sulfonamides is 1. The summed E-state index contributed by atoms with van der Waals surface area (Å²) in [5, 5.41) is 0. The first-order chi connectivity index (χ1) is 16.7. The molecule has 0 atom stereocenters. The lowest BCUT2D eigenvalue weighted by Crippen LogP contribution is -2.27. The van der Waals surface area contributed by atoms with Crippen LogP contribution in [0.5, 0.6) is 5.75 Å². The van der Waals surface area contributed by atoms with Gasteiger partial charge in [0.1, 0.15) is 5.75 Å². The number of hydrogen-bond acceptors (Lipinski definition) is 6. The summed E-state index contributed by atoms with van der Waals surface area (Å²) in [5.41, 5.74) is 3.03. The fourth-order valence-corrected chi connectivity index (χ4v) is 4.12. The van der Waals surface area contributed by atoms with E-state index in [9.17, 15) is 18.0 Å². The van der Waals surface area contributed by atoms with Gasteiger partial charge in [-0.05, 0) is 47.5 Å². The smallest absolute Gasteiger partial charge is 0.332 e. The zero-order chi connectivity index (χ0) is 25.0. The first-order valence-electron chi connectivity index (χ1n) is 10.4. The molecule has 2 N–H and O–H groups in total. The Morgan fingerprint density at radius 1 is 1.00 bits per heavy atom. The summed E-state index contributed by atoms with van der Waals surface area (Å²) in [6, 6.07) is 15.4. The molecule has 0 radical (unpaired) electrons. The first kappa shape index (κ1) is 23.7. The Morgan fingerprint density at radius 2 is 1.71 bits per heavy atom. The minimum atomic E-state index is -3.36. The van der Waals surface area contributed by atoms with E-state index in [1.54, 1.807) is 55.9 Å². The molecule has 0 unspecified atom stereocenters.